The second kappa shape index (κ2) is 5.59. The molecular weight excluding hydrogens is 308 g/mol. The fourth-order valence-corrected chi connectivity index (χ4v) is 3.37. The zero-order valence-corrected chi connectivity index (χ0v) is 13.5. The van der Waals surface area contributed by atoms with Gasteiger partial charge in [-0.1, -0.05) is 0 Å². The highest BCUT2D eigenvalue weighted by Gasteiger charge is 2.42. The maximum Gasteiger partial charge on any atom is 0.253 e. The molecule has 0 bridgehead atoms. The molecule has 1 aliphatic carbocycles. The van der Waals surface area contributed by atoms with Crippen molar-refractivity contribution in [1.29, 1.82) is 0 Å². The molecule has 126 valence electrons. The van der Waals surface area contributed by atoms with Crippen LogP contribution in [0.1, 0.15) is 46.8 Å². The molecule has 7 heteroatoms. The molecule has 1 atom stereocenters. The van der Waals surface area contributed by atoms with Crippen molar-refractivity contribution in [1.82, 2.24) is 20.3 Å². The van der Waals surface area contributed by atoms with Crippen LogP contribution in [0.2, 0.25) is 0 Å². The molecule has 1 aromatic carbocycles. The van der Waals surface area contributed by atoms with Crippen LogP contribution < -0.4 is 4.74 Å². The average molecular weight is 328 g/mol. The van der Waals surface area contributed by atoms with Gasteiger partial charge < -0.3 is 14.7 Å². The Morgan fingerprint density at radius 3 is 2.96 bits per heavy atom. The van der Waals surface area contributed by atoms with Crippen molar-refractivity contribution in [3.05, 3.63) is 41.2 Å². The van der Waals surface area contributed by atoms with Crippen molar-refractivity contribution >= 4 is 5.91 Å². The number of H-pyrrole nitrogens is 1. The fourth-order valence-electron chi connectivity index (χ4n) is 3.37. The number of benzene rings is 1. The van der Waals surface area contributed by atoms with Gasteiger partial charge in [-0.05, 0) is 42.5 Å². The number of aliphatic hydroxyl groups is 1. The summed E-state index contributed by atoms with van der Waals surface area (Å²) in [5.41, 5.74) is 1.09. The van der Waals surface area contributed by atoms with E-state index in [1.165, 1.54) is 6.20 Å². The number of rotatable bonds is 4. The molecule has 2 aromatic rings. The van der Waals surface area contributed by atoms with Crippen molar-refractivity contribution in [2.75, 3.05) is 20.2 Å². The van der Waals surface area contributed by atoms with Crippen LogP contribution in [0, 0.1) is 0 Å². The summed E-state index contributed by atoms with van der Waals surface area (Å²) in [4.78, 5) is 14.5. The number of nitrogens with one attached hydrogen (secondary N) is 1. The largest absolute Gasteiger partial charge is 0.496 e. The van der Waals surface area contributed by atoms with Crippen LogP contribution in [-0.2, 0) is 5.60 Å². The van der Waals surface area contributed by atoms with Crippen LogP contribution in [0.3, 0.4) is 0 Å². The quantitative estimate of drug-likeness (QED) is 0.886. The van der Waals surface area contributed by atoms with Gasteiger partial charge in [-0.25, -0.2) is 0 Å². The minimum atomic E-state index is -1.13. The Hall–Kier alpha value is -2.41. The number of ether oxygens (including phenoxy) is 1. The van der Waals surface area contributed by atoms with Crippen LogP contribution in [0.5, 0.6) is 5.75 Å². The van der Waals surface area contributed by atoms with Crippen molar-refractivity contribution in [2.45, 2.75) is 30.8 Å². The molecule has 1 amide bonds. The summed E-state index contributed by atoms with van der Waals surface area (Å²) in [6.45, 7) is 0.718. The number of aromatic nitrogens is 3. The second-order valence-corrected chi connectivity index (χ2v) is 6.59. The van der Waals surface area contributed by atoms with Gasteiger partial charge in [-0.2, -0.15) is 15.4 Å². The fraction of sp³-hybridized carbons (Fsp3) is 0.471. The first-order chi connectivity index (χ1) is 11.6. The Kier molecular flexibility index (Phi) is 3.53. The van der Waals surface area contributed by atoms with Crippen molar-refractivity contribution in [2.24, 2.45) is 0 Å². The highest BCUT2D eigenvalue weighted by atomic mass is 16.5. The molecule has 0 radical (unpaired) electrons. The number of aromatic amines is 1. The van der Waals surface area contributed by atoms with E-state index < -0.39 is 5.60 Å². The summed E-state index contributed by atoms with van der Waals surface area (Å²) in [7, 11) is 1.65. The Morgan fingerprint density at radius 2 is 2.29 bits per heavy atom. The minimum Gasteiger partial charge on any atom is -0.496 e. The predicted octanol–water partition coefficient (Wildman–Crippen LogP) is 1.42. The maximum atomic E-state index is 12.8. The molecule has 1 saturated heterocycles. The lowest BCUT2D eigenvalue weighted by Crippen LogP contribution is -2.34. The second-order valence-electron chi connectivity index (χ2n) is 6.59. The SMILES string of the molecule is COc1ccc(C(=O)N2CCC(O)(c3cn[nH]n3)C2)cc1C1CC1. The lowest BCUT2D eigenvalue weighted by Gasteiger charge is -2.21. The Balaban J connectivity index is 1.55. The summed E-state index contributed by atoms with van der Waals surface area (Å²) in [6.07, 6.45) is 4.25. The van der Waals surface area contributed by atoms with Crippen LogP contribution in [-0.4, -0.2) is 51.5 Å². The number of hydrogen-bond acceptors (Lipinski definition) is 5. The summed E-state index contributed by atoms with van der Waals surface area (Å²) in [5.74, 6) is 1.27. The molecule has 2 fully saturated rings. The first-order valence-corrected chi connectivity index (χ1v) is 8.16. The Morgan fingerprint density at radius 1 is 1.46 bits per heavy atom. The summed E-state index contributed by atoms with van der Waals surface area (Å²) < 4.78 is 5.41. The van der Waals surface area contributed by atoms with Crippen LogP contribution >= 0.6 is 0 Å². The molecule has 7 nitrogen and oxygen atoms in total. The lowest BCUT2D eigenvalue weighted by atomic mass is 10.00. The zero-order valence-electron chi connectivity index (χ0n) is 13.5. The topological polar surface area (TPSA) is 91.3 Å². The van der Waals surface area contributed by atoms with E-state index in [0.29, 0.717) is 30.1 Å². The molecule has 2 N–H and O–H groups in total. The van der Waals surface area contributed by atoms with E-state index in [0.717, 1.165) is 24.2 Å². The van der Waals surface area contributed by atoms with Crippen molar-refractivity contribution < 1.29 is 14.6 Å². The third-order valence-electron chi connectivity index (χ3n) is 4.92. The normalized spacial score (nSPS) is 23.5. The first-order valence-electron chi connectivity index (χ1n) is 8.16. The van der Waals surface area contributed by atoms with E-state index >= 15 is 0 Å². The Bertz CT molecular complexity index is 757. The molecule has 1 saturated carbocycles. The van der Waals surface area contributed by atoms with E-state index in [4.69, 9.17) is 4.74 Å². The third kappa shape index (κ3) is 2.54. The van der Waals surface area contributed by atoms with Gasteiger partial charge in [0.05, 0.1) is 19.9 Å². The van der Waals surface area contributed by atoms with Crippen molar-refractivity contribution in [3.63, 3.8) is 0 Å². The number of nitrogens with zero attached hydrogens (tertiary/aromatic N) is 3. The molecule has 1 aliphatic heterocycles. The maximum absolute atomic E-state index is 12.8. The van der Waals surface area contributed by atoms with Gasteiger partial charge in [0.2, 0.25) is 0 Å². The van der Waals surface area contributed by atoms with E-state index in [2.05, 4.69) is 15.4 Å². The monoisotopic (exact) mass is 328 g/mol. The number of carbonyl (C=O) groups excluding carboxylic acids is 1. The predicted molar refractivity (Wildman–Crippen MR) is 85.8 cm³/mol. The number of β-amino-alcohol motifs (C(OH)–C–C–N with tert-alkyl or cyclic N) is 1. The van der Waals surface area contributed by atoms with Gasteiger partial charge in [-0.3, -0.25) is 4.79 Å². The van der Waals surface area contributed by atoms with Crippen molar-refractivity contribution in [3.8, 4) is 5.75 Å². The number of carbonyl (C=O) groups is 1. The van der Waals surface area contributed by atoms with Gasteiger partial charge in [-0.15, -0.1) is 0 Å². The summed E-state index contributed by atoms with van der Waals surface area (Å²) in [5, 5.41) is 20.9. The molecule has 2 heterocycles. The number of amides is 1. The van der Waals surface area contributed by atoms with Gasteiger partial charge in [0.15, 0.2) is 0 Å². The van der Waals surface area contributed by atoms with E-state index in [-0.39, 0.29) is 12.5 Å². The molecule has 1 unspecified atom stereocenters. The van der Waals surface area contributed by atoms with E-state index in [1.807, 2.05) is 12.1 Å². The molecule has 2 aliphatic rings. The molecule has 4 rings (SSSR count). The summed E-state index contributed by atoms with van der Waals surface area (Å²) in [6, 6.07) is 5.59. The van der Waals surface area contributed by atoms with Gasteiger partial charge in [0.1, 0.15) is 17.0 Å². The standard InChI is InChI=1S/C17H20N4O3/c1-24-14-5-4-12(8-13(14)11-2-3-11)16(22)21-7-6-17(23,10-21)15-9-18-20-19-15/h4-5,8-9,11,23H,2-3,6-7,10H2,1H3,(H,18,19,20). The average Bonchev–Trinajstić information content (AvgIpc) is 3.13. The summed E-state index contributed by atoms with van der Waals surface area (Å²) >= 11 is 0. The first kappa shape index (κ1) is 15.1. The highest BCUT2D eigenvalue weighted by Crippen LogP contribution is 2.44. The van der Waals surface area contributed by atoms with Gasteiger partial charge in [0.25, 0.3) is 5.91 Å². The molecular formula is C17H20N4O3. The van der Waals surface area contributed by atoms with Gasteiger partial charge in [0, 0.05) is 18.5 Å². The van der Waals surface area contributed by atoms with E-state index in [9.17, 15) is 9.90 Å². The number of methoxy groups -OCH3 is 1. The van der Waals surface area contributed by atoms with Gasteiger partial charge >= 0.3 is 0 Å². The lowest BCUT2D eigenvalue weighted by molar-refractivity contribution is 0.0382. The smallest absolute Gasteiger partial charge is 0.253 e. The van der Waals surface area contributed by atoms with E-state index in [1.54, 1.807) is 18.1 Å². The molecule has 1 aromatic heterocycles. The minimum absolute atomic E-state index is 0.0704. The van der Waals surface area contributed by atoms with Crippen LogP contribution in [0.15, 0.2) is 24.4 Å². The number of likely N-dealkylation sites (tertiary alicyclic amines) is 1. The molecule has 24 heavy (non-hydrogen) atoms. The number of hydrogen-bond donors (Lipinski definition) is 2. The Labute approximate surface area is 139 Å². The van der Waals surface area contributed by atoms with Crippen LogP contribution in [0.4, 0.5) is 0 Å². The highest BCUT2D eigenvalue weighted by molar-refractivity contribution is 5.95. The molecule has 0 spiro atoms. The zero-order chi connectivity index (χ0) is 16.7. The van der Waals surface area contributed by atoms with Crippen LogP contribution in [0.25, 0.3) is 0 Å². The third-order valence-corrected chi connectivity index (χ3v) is 4.92.